The van der Waals surface area contributed by atoms with Crippen LogP contribution in [0.4, 0.5) is 0 Å². The molecule has 5 unspecified atom stereocenters. The van der Waals surface area contributed by atoms with Crippen molar-refractivity contribution in [2.45, 2.75) is 70.6 Å². The van der Waals surface area contributed by atoms with Gasteiger partial charge in [-0.3, -0.25) is 0 Å². The molecule has 4 saturated carbocycles. The molecule has 0 radical (unpaired) electrons. The van der Waals surface area contributed by atoms with Crippen molar-refractivity contribution in [2.24, 2.45) is 35.5 Å². The van der Waals surface area contributed by atoms with Gasteiger partial charge in [0.2, 0.25) is 0 Å². The van der Waals surface area contributed by atoms with Crippen LogP contribution in [0.1, 0.15) is 70.6 Å². The smallest absolute Gasteiger partial charge is 0.0352 e. The van der Waals surface area contributed by atoms with Crippen molar-refractivity contribution < 1.29 is 0 Å². The second kappa shape index (κ2) is 4.28. The number of fused-ring (bicyclic) bond motifs is 5. The lowest BCUT2D eigenvalue weighted by Crippen LogP contribution is -2.43. The van der Waals surface area contributed by atoms with Gasteiger partial charge in [0.15, 0.2) is 0 Å². The van der Waals surface area contributed by atoms with Gasteiger partial charge in [-0.15, -0.1) is 0 Å². The molecule has 0 heterocycles. The molecule has 96 valence electrons. The third-order valence-corrected chi connectivity index (χ3v) is 7.08. The first-order chi connectivity index (χ1) is 8.43. The molecule has 6 atom stereocenters. The first-order valence-electron chi connectivity index (χ1n) is 8.43. The molecule has 0 heteroatoms. The largest absolute Gasteiger partial charge is 0.0530 e. The van der Waals surface area contributed by atoms with Crippen molar-refractivity contribution in [3.05, 3.63) is 0 Å². The van der Waals surface area contributed by atoms with Crippen molar-refractivity contribution in [1.82, 2.24) is 0 Å². The maximum Gasteiger partial charge on any atom is -0.0352 e. The van der Waals surface area contributed by atoms with Gasteiger partial charge in [-0.2, -0.15) is 0 Å². The lowest BCUT2D eigenvalue weighted by molar-refractivity contribution is -0.0184. The Bertz CT molecular complexity index is 282. The Morgan fingerprint density at radius 2 is 0.882 bits per heavy atom. The molecule has 0 spiro atoms. The van der Waals surface area contributed by atoms with Crippen molar-refractivity contribution in [1.29, 1.82) is 0 Å². The van der Waals surface area contributed by atoms with Gasteiger partial charge in [0, 0.05) is 0 Å². The number of hydrogen-bond donors (Lipinski definition) is 0. The van der Waals surface area contributed by atoms with Crippen LogP contribution in [0.5, 0.6) is 0 Å². The molecule has 17 heavy (non-hydrogen) atoms. The molecule has 0 aliphatic heterocycles. The van der Waals surface area contributed by atoms with Crippen molar-refractivity contribution >= 4 is 0 Å². The van der Waals surface area contributed by atoms with Crippen LogP contribution in [0.25, 0.3) is 0 Å². The van der Waals surface area contributed by atoms with E-state index in [0.717, 1.165) is 11.8 Å². The van der Waals surface area contributed by atoms with E-state index in [9.17, 15) is 0 Å². The Morgan fingerprint density at radius 1 is 0.353 bits per heavy atom. The summed E-state index contributed by atoms with van der Waals surface area (Å²) in [5, 5.41) is 0. The summed E-state index contributed by atoms with van der Waals surface area (Å²) >= 11 is 0. The van der Waals surface area contributed by atoms with Crippen LogP contribution in [0.3, 0.4) is 0 Å². The van der Waals surface area contributed by atoms with E-state index in [0.29, 0.717) is 0 Å². The van der Waals surface area contributed by atoms with Gasteiger partial charge in [0.25, 0.3) is 0 Å². The Labute approximate surface area is 107 Å². The molecule has 0 bridgehead atoms. The second-order valence-corrected chi connectivity index (χ2v) is 7.55. The predicted octanol–water partition coefficient (Wildman–Crippen LogP) is 5.03. The monoisotopic (exact) mass is 232 g/mol. The van der Waals surface area contributed by atoms with E-state index >= 15 is 0 Å². The average Bonchev–Trinajstić information content (AvgIpc) is 2.86. The van der Waals surface area contributed by atoms with Crippen LogP contribution in [0, 0.1) is 35.5 Å². The molecule has 4 aliphatic carbocycles. The Balaban J connectivity index is 1.56. The van der Waals surface area contributed by atoms with Gasteiger partial charge in [-0.25, -0.2) is 0 Å². The van der Waals surface area contributed by atoms with Crippen LogP contribution in [0.15, 0.2) is 0 Å². The van der Waals surface area contributed by atoms with E-state index in [-0.39, 0.29) is 0 Å². The zero-order chi connectivity index (χ0) is 11.2. The maximum atomic E-state index is 1.62. The molecule has 4 rings (SSSR count). The van der Waals surface area contributed by atoms with E-state index in [2.05, 4.69) is 0 Å². The molecular weight excluding hydrogens is 204 g/mol. The SMILES string of the molecule is C1CCC2C(C1)CC[C@@H]1C3CCCC3CCC21. The predicted molar refractivity (Wildman–Crippen MR) is 71.7 cm³/mol. The molecule has 4 aliphatic rings. The van der Waals surface area contributed by atoms with Gasteiger partial charge in [-0.1, -0.05) is 32.1 Å². The molecule has 0 aromatic carbocycles. The first kappa shape index (κ1) is 10.9. The number of rotatable bonds is 0. The number of hydrogen-bond acceptors (Lipinski definition) is 0. The molecule has 0 aromatic heterocycles. The van der Waals surface area contributed by atoms with Crippen LogP contribution >= 0.6 is 0 Å². The fourth-order valence-electron chi connectivity index (χ4n) is 6.45. The van der Waals surface area contributed by atoms with Gasteiger partial charge in [-0.05, 0) is 74.0 Å². The maximum absolute atomic E-state index is 1.62. The Morgan fingerprint density at radius 3 is 1.59 bits per heavy atom. The summed E-state index contributed by atoms with van der Waals surface area (Å²) in [4.78, 5) is 0. The molecular formula is C17H28. The quantitative estimate of drug-likeness (QED) is 0.549. The van der Waals surface area contributed by atoms with Gasteiger partial charge in [0.1, 0.15) is 0 Å². The van der Waals surface area contributed by atoms with E-state index < -0.39 is 0 Å². The Kier molecular flexibility index (Phi) is 2.74. The summed E-state index contributed by atoms with van der Waals surface area (Å²) in [7, 11) is 0. The summed E-state index contributed by atoms with van der Waals surface area (Å²) in [6.45, 7) is 0. The normalized spacial score (nSPS) is 53.6. The van der Waals surface area contributed by atoms with Gasteiger partial charge >= 0.3 is 0 Å². The van der Waals surface area contributed by atoms with Gasteiger partial charge < -0.3 is 0 Å². The molecule has 0 amide bonds. The van der Waals surface area contributed by atoms with Crippen molar-refractivity contribution in [2.75, 3.05) is 0 Å². The van der Waals surface area contributed by atoms with Gasteiger partial charge in [0.05, 0.1) is 0 Å². The topological polar surface area (TPSA) is 0 Å². The molecule has 4 fully saturated rings. The average molecular weight is 232 g/mol. The lowest BCUT2D eigenvalue weighted by Gasteiger charge is -2.51. The zero-order valence-corrected chi connectivity index (χ0v) is 11.2. The van der Waals surface area contributed by atoms with Crippen LogP contribution < -0.4 is 0 Å². The van der Waals surface area contributed by atoms with Crippen molar-refractivity contribution in [3.8, 4) is 0 Å². The highest BCUT2D eigenvalue weighted by atomic mass is 14.5. The third-order valence-electron chi connectivity index (χ3n) is 7.08. The molecule has 0 nitrogen and oxygen atoms in total. The highest BCUT2D eigenvalue weighted by Gasteiger charge is 2.48. The lowest BCUT2D eigenvalue weighted by atomic mass is 9.54. The van der Waals surface area contributed by atoms with Crippen LogP contribution in [-0.2, 0) is 0 Å². The van der Waals surface area contributed by atoms with Crippen LogP contribution in [-0.4, -0.2) is 0 Å². The molecule has 0 N–H and O–H groups in total. The van der Waals surface area contributed by atoms with E-state index in [4.69, 9.17) is 0 Å². The molecule has 0 aromatic rings. The Hall–Kier alpha value is 0. The fraction of sp³-hybridized carbons (Fsp3) is 1.00. The zero-order valence-electron chi connectivity index (χ0n) is 11.2. The fourth-order valence-corrected chi connectivity index (χ4v) is 6.45. The highest BCUT2D eigenvalue weighted by Crippen LogP contribution is 2.57. The minimum atomic E-state index is 1.16. The minimum absolute atomic E-state index is 1.16. The highest BCUT2D eigenvalue weighted by molar-refractivity contribution is 4.98. The summed E-state index contributed by atoms with van der Waals surface area (Å²) in [6.07, 6.45) is 17.5. The van der Waals surface area contributed by atoms with Crippen LogP contribution in [0.2, 0.25) is 0 Å². The first-order valence-corrected chi connectivity index (χ1v) is 8.43. The second-order valence-electron chi connectivity index (χ2n) is 7.55. The van der Waals surface area contributed by atoms with E-state index in [1.807, 2.05) is 0 Å². The van der Waals surface area contributed by atoms with E-state index in [1.54, 1.807) is 70.6 Å². The summed E-state index contributed by atoms with van der Waals surface area (Å²) < 4.78 is 0. The minimum Gasteiger partial charge on any atom is -0.0530 e. The summed E-state index contributed by atoms with van der Waals surface area (Å²) in [6, 6.07) is 0. The van der Waals surface area contributed by atoms with Crippen molar-refractivity contribution in [3.63, 3.8) is 0 Å². The van der Waals surface area contributed by atoms with E-state index in [1.165, 1.54) is 23.7 Å². The molecule has 0 saturated heterocycles. The standard InChI is InChI=1S/C17H28/c1-2-6-14-12(4-1)8-10-17-15-7-3-5-13(15)9-11-16(14)17/h12-17H,1-11H2/t12?,13?,14?,15?,16?,17-/m1/s1. The summed E-state index contributed by atoms with van der Waals surface area (Å²) in [5.41, 5.74) is 0. The third kappa shape index (κ3) is 1.70. The summed E-state index contributed by atoms with van der Waals surface area (Å²) in [5.74, 6) is 7.02.